The Morgan fingerprint density at radius 2 is 1.24 bits per heavy atom. The van der Waals surface area contributed by atoms with Crippen LogP contribution in [0.15, 0.2) is 146 Å². The van der Waals surface area contributed by atoms with E-state index in [1.54, 1.807) is 0 Å². The van der Waals surface area contributed by atoms with E-state index in [9.17, 15) is 0 Å². The number of para-hydroxylation sites is 3. The number of pyridine rings is 1. The summed E-state index contributed by atoms with van der Waals surface area (Å²) in [4.78, 5) is 9.37. The average molecular weight is 953 g/mol. The molecule has 0 amide bonds. The molecular weight excluding hydrogens is 904 g/mol. The van der Waals surface area contributed by atoms with Gasteiger partial charge in [-0.05, 0) is 80.8 Å². The summed E-state index contributed by atoms with van der Waals surface area (Å²) in [6.07, 6.45) is 1.91. The maximum Gasteiger partial charge on any atom is 0.135 e. The van der Waals surface area contributed by atoms with Gasteiger partial charge in [0.15, 0.2) is 0 Å². The van der Waals surface area contributed by atoms with Crippen LogP contribution in [0.5, 0.6) is 11.5 Å². The van der Waals surface area contributed by atoms with Crippen molar-refractivity contribution in [2.45, 2.75) is 71.6 Å². The molecule has 5 nitrogen and oxygen atoms in total. The van der Waals surface area contributed by atoms with Crippen LogP contribution in [0.1, 0.15) is 77.6 Å². The van der Waals surface area contributed by atoms with E-state index in [0.29, 0.717) is 11.5 Å². The molecule has 0 saturated heterocycles. The average Bonchev–Trinajstić information content (AvgIpc) is 3.77. The molecule has 2 aromatic heterocycles. The molecule has 0 bridgehead atoms. The van der Waals surface area contributed by atoms with E-state index in [1.807, 2.05) is 12.3 Å². The standard InChI is InChI=1S/C53H49N4O.Pt/c1-51(2,3)37-19-16-20-39(31-37)55-35-56(47-24-15-14-23-46(47)55)40-25-28-44(53(7,8)36-17-10-9-11-18-36)49(33-40)58-41-26-27-43-42-21-12-13-22-45(42)57(48(43)34-41)50-32-38(29-30-54-50)52(4,5)6;/h9-32,35H,1-8H3;/q-3;. The van der Waals surface area contributed by atoms with Crippen LogP contribution in [-0.4, -0.2) is 9.55 Å². The number of benzene rings is 6. The molecule has 9 rings (SSSR count). The van der Waals surface area contributed by atoms with Crippen molar-refractivity contribution in [3.8, 4) is 17.3 Å². The Balaban J connectivity index is 0.00000484. The van der Waals surface area contributed by atoms with Crippen LogP contribution >= 0.6 is 0 Å². The first-order chi connectivity index (χ1) is 27.8. The van der Waals surface area contributed by atoms with Gasteiger partial charge >= 0.3 is 0 Å². The van der Waals surface area contributed by atoms with E-state index >= 15 is 0 Å². The van der Waals surface area contributed by atoms with Gasteiger partial charge in [-0.25, -0.2) is 4.98 Å². The number of ether oxygens (including phenoxy) is 1. The number of hydrogen-bond donors (Lipinski definition) is 0. The quantitative estimate of drug-likeness (QED) is 0.149. The number of nitrogens with zero attached hydrogens (tertiary/aromatic N) is 4. The Morgan fingerprint density at radius 1 is 0.576 bits per heavy atom. The van der Waals surface area contributed by atoms with Crippen molar-refractivity contribution in [1.82, 2.24) is 9.55 Å². The second-order valence-electron chi connectivity index (χ2n) is 17.9. The topological polar surface area (TPSA) is 33.5 Å². The number of aromatic nitrogens is 2. The fraction of sp³-hybridized carbons (Fsp3) is 0.208. The molecule has 0 N–H and O–H groups in total. The van der Waals surface area contributed by atoms with Gasteiger partial charge in [0.25, 0.3) is 0 Å². The van der Waals surface area contributed by atoms with E-state index in [-0.39, 0.29) is 31.9 Å². The Bertz CT molecular complexity index is 2810. The third-order valence-corrected chi connectivity index (χ3v) is 11.6. The van der Waals surface area contributed by atoms with Crippen LogP contribution in [0, 0.1) is 18.8 Å². The molecule has 59 heavy (non-hydrogen) atoms. The minimum absolute atomic E-state index is 0. The summed E-state index contributed by atoms with van der Waals surface area (Å²) in [6.45, 7) is 20.1. The van der Waals surface area contributed by atoms with Gasteiger partial charge < -0.3 is 19.1 Å². The summed E-state index contributed by atoms with van der Waals surface area (Å²) < 4.78 is 9.25. The van der Waals surface area contributed by atoms with Gasteiger partial charge in [0.2, 0.25) is 0 Å². The molecule has 0 fully saturated rings. The van der Waals surface area contributed by atoms with Crippen LogP contribution in [0.3, 0.4) is 0 Å². The first-order valence-corrected chi connectivity index (χ1v) is 20.1. The number of hydrogen-bond acceptors (Lipinski definition) is 4. The van der Waals surface area contributed by atoms with Crippen LogP contribution in [0.25, 0.3) is 27.6 Å². The maximum absolute atomic E-state index is 7.04. The van der Waals surface area contributed by atoms with Crippen LogP contribution < -0.4 is 14.5 Å². The van der Waals surface area contributed by atoms with Gasteiger partial charge in [-0.3, -0.25) is 0 Å². The molecule has 6 aromatic carbocycles. The molecule has 3 heterocycles. The van der Waals surface area contributed by atoms with Gasteiger partial charge in [0.1, 0.15) is 5.82 Å². The number of anilines is 4. The molecule has 0 aliphatic carbocycles. The summed E-state index contributed by atoms with van der Waals surface area (Å²) in [7, 11) is 0. The van der Waals surface area contributed by atoms with Crippen molar-refractivity contribution >= 4 is 44.6 Å². The Labute approximate surface area is 363 Å². The molecular formula is C53H49N4OPt-3. The largest absolute Gasteiger partial charge is 0.509 e. The Hall–Kier alpha value is -5.64. The second-order valence-corrected chi connectivity index (χ2v) is 17.9. The Morgan fingerprint density at radius 3 is 1.98 bits per heavy atom. The van der Waals surface area contributed by atoms with Gasteiger partial charge in [0.05, 0.1) is 0 Å². The predicted octanol–water partition coefficient (Wildman–Crippen LogP) is 13.9. The molecule has 0 atom stereocenters. The minimum Gasteiger partial charge on any atom is -0.509 e. The van der Waals surface area contributed by atoms with Crippen LogP contribution in [0.2, 0.25) is 0 Å². The van der Waals surface area contributed by atoms with E-state index in [0.717, 1.165) is 55.9 Å². The fourth-order valence-electron chi connectivity index (χ4n) is 8.11. The minimum atomic E-state index is -0.395. The molecule has 300 valence electrons. The third-order valence-electron chi connectivity index (χ3n) is 11.6. The van der Waals surface area contributed by atoms with Gasteiger partial charge in [-0.1, -0.05) is 134 Å². The van der Waals surface area contributed by atoms with Crippen molar-refractivity contribution in [2.24, 2.45) is 0 Å². The normalized spacial score (nSPS) is 13.2. The zero-order valence-electron chi connectivity index (χ0n) is 34.9. The first kappa shape index (κ1) is 40.2. The van der Waals surface area contributed by atoms with Crippen molar-refractivity contribution < 1.29 is 25.8 Å². The molecule has 0 saturated carbocycles. The Kier molecular flexibility index (Phi) is 10.3. The zero-order valence-corrected chi connectivity index (χ0v) is 37.2. The summed E-state index contributed by atoms with van der Waals surface area (Å²) in [5, 5.41) is 2.23. The van der Waals surface area contributed by atoms with E-state index in [1.165, 1.54) is 16.7 Å². The monoisotopic (exact) mass is 952 g/mol. The SMILES string of the molecule is CC(C)(C)c1cccc(N2[CH-]N(c3[c-]c(Oc4[c-]c5c(cc4)c4ccccc4n5-c4cc(C(C)(C)C)ccn4)c(C(C)(C)c4ccccc4)cc3)c3ccccc32)c1.[Pt]. The maximum atomic E-state index is 7.04. The van der Waals surface area contributed by atoms with Crippen molar-refractivity contribution in [2.75, 3.05) is 9.80 Å². The summed E-state index contributed by atoms with van der Waals surface area (Å²) >= 11 is 0. The molecule has 8 aromatic rings. The second kappa shape index (κ2) is 15.2. The van der Waals surface area contributed by atoms with Crippen molar-refractivity contribution in [3.05, 3.63) is 187 Å². The smallest absolute Gasteiger partial charge is 0.135 e. The van der Waals surface area contributed by atoms with E-state index in [4.69, 9.17) is 9.72 Å². The summed E-state index contributed by atoms with van der Waals surface area (Å²) in [5.41, 5.74) is 10.5. The van der Waals surface area contributed by atoms with Crippen molar-refractivity contribution in [1.29, 1.82) is 0 Å². The summed E-state index contributed by atoms with van der Waals surface area (Å²) in [5.74, 6) is 2.11. The van der Waals surface area contributed by atoms with Gasteiger partial charge in [-0.15, -0.1) is 47.6 Å². The van der Waals surface area contributed by atoms with E-state index < -0.39 is 5.41 Å². The molecule has 0 unspecified atom stereocenters. The van der Waals surface area contributed by atoms with Crippen LogP contribution in [0.4, 0.5) is 22.7 Å². The van der Waals surface area contributed by atoms with E-state index in [2.05, 4.69) is 222 Å². The summed E-state index contributed by atoms with van der Waals surface area (Å²) in [6, 6.07) is 56.8. The number of rotatable bonds is 7. The van der Waals surface area contributed by atoms with Crippen molar-refractivity contribution in [3.63, 3.8) is 0 Å². The molecule has 6 heteroatoms. The molecule has 0 radical (unpaired) electrons. The first-order valence-electron chi connectivity index (χ1n) is 20.1. The zero-order chi connectivity index (χ0) is 40.4. The molecule has 1 aliphatic rings. The molecule has 0 spiro atoms. The fourth-order valence-corrected chi connectivity index (χ4v) is 8.11. The predicted molar refractivity (Wildman–Crippen MR) is 240 cm³/mol. The van der Waals surface area contributed by atoms with Gasteiger partial charge in [-0.2, -0.15) is 12.1 Å². The number of fused-ring (bicyclic) bond motifs is 4. The third kappa shape index (κ3) is 7.36. The molecule has 1 aliphatic heterocycles. The van der Waals surface area contributed by atoms with Gasteiger partial charge in [0, 0.05) is 61.3 Å². The van der Waals surface area contributed by atoms with Crippen LogP contribution in [-0.2, 0) is 37.3 Å².